The fourth-order valence-electron chi connectivity index (χ4n) is 3.79. The van der Waals surface area contributed by atoms with Gasteiger partial charge < -0.3 is 20.0 Å². The minimum absolute atomic E-state index is 0.0918. The Kier molecular flexibility index (Phi) is 5.30. The normalized spacial score (nSPS) is 15.7. The molecule has 2 aromatic carbocycles. The summed E-state index contributed by atoms with van der Waals surface area (Å²) in [5, 5.41) is 11.5. The van der Waals surface area contributed by atoms with Crippen LogP contribution in [0.1, 0.15) is 12.7 Å². The van der Waals surface area contributed by atoms with Crippen molar-refractivity contribution in [3.05, 3.63) is 59.9 Å². The van der Waals surface area contributed by atoms with Gasteiger partial charge in [0, 0.05) is 43.0 Å². The first kappa shape index (κ1) is 19.7. The summed E-state index contributed by atoms with van der Waals surface area (Å²) in [6, 6.07) is 18.2. The van der Waals surface area contributed by atoms with Crippen LogP contribution < -0.4 is 10.6 Å². The van der Waals surface area contributed by atoms with Crippen molar-refractivity contribution in [3.8, 4) is 17.4 Å². The lowest BCUT2D eigenvalue weighted by Gasteiger charge is -2.34. The molecule has 0 bridgehead atoms. The van der Waals surface area contributed by atoms with Crippen LogP contribution in [0.3, 0.4) is 0 Å². The number of benzene rings is 2. The number of nitrogens with two attached hydrogens (primary N) is 1. The number of anilines is 1. The number of allylic oxidation sites excluding steroid dienone is 1. The molecule has 6 heteroatoms. The molecule has 2 N–H and O–H groups in total. The number of nitrogens with zero attached hydrogens (tertiary/aromatic N) is 3. The van der Waals surface area contributed by atoms with E-state index in [2.05, 4.69) is 47.2 Å². The summed E-state index contributed by atoms with van der Waals surface area (Å²) in [4.78, 5) is 16.2. The molecule has 0 unspecified atom stereocenters. The average molecular weight is 400 g/mol. The van der Waals surface area contributed by atoms with Crippen molar-refractivity contribution in [2.24, 2.45) is 5.73 Å². The van der Waals surface area contributed by atoms with Gasteiger partial charge in [0.05, 0.1) is 0 Å². The summed E-state index contributed by atoms with van der Waals surface area (Å²) in [5.74, 6) is 0.386. The van der Waals surface area contributed by atoms with Crippen molar-refractivity contribution in [2.45, 2.75) is 6.92 Å². The van der Waals surface area contributed by atoms with Gasteiger partial charge >= 0.3 is 0 Å². The Labute approximate surface area is 175 Å². The molecule has 2 heterocycles. The third-order valence-corrected chi connectivity index (χ3v) is 5.69. The van der Waals surface area contributed by atoms with Crippen LogP contribution >= 0.6 is 0 Å². The lowest BCUT2D eigenvalue weighted by atomic mass is 10.0. The van der Waals surface area contributed by atoms with Crippen molar-refractivity contribution in [2.75, 3.05) is 38.1 Å². The predicted octanol–water partition coefficient (Wildman–Crippen LogP) is 3.63. The second-order valence-corrected chi connectivity index (χ2v) is 7.68. The molecule has 1 saturated heterocycles. The number of furan rings is 1. The van der Waals surface area contributed by atoms with Gasteiger partial charge in [-0.2, -0.15) is 5.26 Å². The predicted molar refractivity (Wildman–Crippen MR) is 119 cm³/mol. The van der Waals surface area contributed by atoms with E-state index in [0.717, 1.165) is 37.1 Å². The lowest BCUT2D eigenvalue weighted by Crippen LogP contribution is -2.44. The molecule has 30 heavy (non-hydrogen) atoms. The first-order valence-corrected chi connectivity index (χ1v) is 9.95. The van der Waals surface area contributed by atoms with Crippen LogP contribution in [0.5, 0.6) is 0 Å². The number of rotatable bonds is 4. The molecule has 4 rings (SSSR count). The SMILES string of the molecule is C/C(=C(/C#N)C(N)=O)c1ccc(-c2ccc3cc(N4CCN(C)CC4)ccc3c2)o1. The molecule has 1 fully saturated rings. The number of nitriles is 1. The Morgan fingerprint density at radius 1 is 1.03 bits per heavy atom. The van der Waals surface area contributed by atoms with Gasteiger partial charge in [-0.3, -0.25) is 4.79 Å². The molecular formula is C24H24N4O2. The molecule has 0 saturated carbocycles. The smallest absolute Gasteiger partial charge is 0.259 e. The summed E-state index contributed by atoms with van der Waals surface area (Å²) >= 11 is 0. The molecule has 152 valence electrons. The molecule has 6 nitrogen and oxygen atoms in total. The molecule has 3 aromatic rings. The van der Waals surface area contributed by atoms with Crippen LogP contribution in [0.15, 0.2) is 58.5 Å². The van der Waals surface area contributed by atoms with Gasteiger partial charge in [0.2, 0.25) is 0 Å². The fourth-order valence-corrected chi connectivity index (χ4v) is 3.79. The van der Waals surface area contributed by atoms with Crippen molar-refractivity contribution in [1.29, 1.82) is 5.26 Å². The highest BCUT2D eigenvalue weighted by Crippen LogP contribution is 2.31. The molecule has 1 aliphatic heterocycles. The van der Waals surface area contributed by atoms with Gasteiger partial charge in [0.15, 0.2) is 0 Å². The van der Waals surface area contributed by atoms with E-state index in [4.69, 9.17) is 15.4 Å². The first-order chi connectivity index (χ1) is 14.5. The maximum absolute atomic E-state index is 11.4. The zero-order valence-electron chi connectivity index (χ0n) is 17.2. The summed E-state index contributed by atoms with van der Waals surface area (Å²) in [6.07, 6.45) is 0. The third kappa shape index (κ3) is 3.80. The van der Waals surface area contributed by atoms with Gasteiger partial charge in [0.1, 0.15) is 23.2 Å². The van der Waals surface area contributed by atoms with E-state index in [9.17, 15) is 4.79 Å². The van der Waals surface area contributed by atoms with Crippen molar-refractivity contribution in [1.82, 2.24) is 4.90 Å². The summed E-state index contributed by atoms with van der Waals surface area (Å²) in [5.41, 5.74) is 7.81. The molecule has 0 aliphatic carbocycles. The Bertz CT molecular complexity index is 1180. The van der Waals surface area contributed by atoms with E-state index < -0.39 is 5.91 Å². The second-order valence-electron chi connectivity index (χ2n) is 7.68. The number of primary amides is 1. The van der Waals surface area contributed by atoms with Gasteiger partial charge in [-0.1, -0.05) is 18.2 Å². The molecule has 1 aliphatic rings. The zero-order valence-corrected chi connectivity index (χ0v) is 17.2. The van der Waals surface area contributed by atoms with Gasteiger partial charge in [-0.25, -0.2) is 0 Å². The van der Waals surface area contributed by atoms with Crippen LogP contribution in [0.25, 0.3) is 27.7 Å². The van der Waals surface area contributed by atoms with Crippen LogP contribution in [0, 0.1) is 11.3 Å². The monoisotopic (exact) mass is 400 g/mol. The summed E-state index contributed by atoms with van der Waals surface area (Å²) < 4.78 is 5.91. The number of carbonyl (C=O) groups is 1. The number of piperazine rings is 1. The van der Waals surface area contributed by atoms with Crippen LogP contribution in [0.4, 0.5) is 5.69 Å². The van der Waals surface area contributed by atoms with Crippen molar-refractivity contribution in [3.63, 3.8) is 0 Å². The van der Waals surface area contributed by atoms with Crippen LogP contribution in [-0.2, 0) is 4.79 Å². The number of hydrogen-bond acceptors (Lipinski definition) is 5. The average Bonchev–Trinajstić information content (AvgIpc) is 3.24. The van der Waals surface area contributed by atoms with E-state index in [1.165, 1.54) is 11.1 Å². The third-order valence-electron chi connectivity index (χ3n) is 5.69. The lowest BCUT2D eigenvalue weighted by molar-refractivity contribution is -0.114. The highest BCUT2D eigenvalue weighted by Gasteiger charge is 2.16. The molecule has 0 atom stereocenters. The van der Waals surface area contributed by atoms with E-state index in [-0.39, 0.29) is 5.57 Å². The summed E-state index contributed by atoms with van der Waals surface area (Å²) in [6.45, 7) is 5.90. The summed E-state index contributed by atoms with van der Waals surface area (Å²) in [7, 11) is 2.16. The number of carbonyl (C=O) groups excluding carboxylic acids is 1. The molecule has 1 amide bonds. The molecular weight excluding hydrogens is 376 g/mol. The Hall–Kier alpha value is -3.56. The van der Waals surface area contributed by atoms with Gasteiger partial charge in [-0.05, 0) is 55.1 Å². The molecule has 1 aromatic heterocycles. The molecule has 0 spiro atoms. The highest BCUT2D eigenvalue weighted by atomic mass is 16.3. The van der Waals surface area contributed by atoms with E-state index in [0.29, 0.717) is 17.1 Å². The Morgan fingerprint density at radius 3 is 2.43 bits per heavy atom. The van der Waals surface area contributed by atoms with Crippen molar-refractivity contribution < 1.29 is 9.21 Å². The number of likely N-dealkylation sites (N-methyl/N-ethyl adjacent to an activating group) is 1. The number of fused-ring (bicyclic) bond motifs is 1. The standard InChI is InChI=1S/C24H24N4O2/c1-16(21(15-25)24(26)29)22-7-8-23(30-22)19-4-3-18-14-20(6-5-17(18)13-19)28-11-9-27(2)10-12-28/h3-8,13-14H,9-12H2,1-2H3,(H2,26,29)/b21-16+. The maximum Gasteiger partial charge on any atom is 0.259 e. The molecule has 0 radical (unpaired) electrons. The minimum atomic E-state index is -0.755. The maximum atomic E-state index is 11.4. The zero-order chi connectivity index (χ0) is 21.3. The van der Waals surface area contributed by atoms with E-state index in [1.54, 1.807) is 13.0 Å². The van der Waals surface area contributed by atoms with E-state index in [1.807, 2.05) is 18.2 Å². The topological polar surface area (TPSA) is 86.5 Å². The number of hydrogen-bond donors (Lipinski definition) is 1. The fraction of sp³-hybridized carbons (Fsp3) is 0.250. The minimum Gasteiger partial charge on any atom is -0.456 e. The second kappa shape index (κ2) is 8.05. The Balaban J connectivity index is 1.62. The quantitative estimate of drug-likeness (QED) is 0.534. The Morgan fingerprint density at radius 2 is 1.73 bits per heavy atom. The van der Waals surface area contributed by atoms with Crippen LogP contribution in [-0.4, -0.2) is 44.0 Å². The largest absolute Gasteiger partial charge is 0.456 e. The van der Waals surface area contributed by atoms with Gasteiger partial charge in [0.25, 0.3) is 5.91 Å². The van der Waals surface area contributed by atoms with Gasteiger partial charge in [-0.15, -0.1) is 0 Å². The van der Waals surface area contributed by atoms with Crippen LogP contribution in [0.2, 0.25) is 0 Å². The first-order valence-electron chi connectivity index (χ1n) is 9.95. The number of amides is 1. The highest BCUT2D eigenvalue weighted by molar-refractivity contribution is 6.03. The van der Waals surface area contributed by atoms with E-state index >= 15 is 0 Å². The van der Waals surface area contributed by atoms with Crippen molar-refractivity contribution >= 4 is 27.9 Å².